The summed E-state index contributed by atoms with van der Waals surface area (Å²) in [6.07, 6.45) is 0.865. The Morgan fingerprint density at radius 2 is 2.00 bits per heavy atom. The van der Waals surface area contributed by atoms with E-state index in [0.717, 1.165) is 5.56 Å². The molecule has 0 bridgehead atoms. The van der Waals surface area contributed by atoms with E-state index in [9.17, 15) is 17.6 Å². The SMILES string of the molecule is Fc1cccc(CC(CCl)CCSC(F)(F)F)c1. The van der Waals surface area contributed by atoms with Crippen LogP contribution in [0.2, 0.25) is 0 Å². The summed E-state index contributed by atoms with van der Waals surface area (Å²) in [6, 6.07) is 6.05. The van der Waals surface area contributed by atoms with Crippen molar-refractivity contribution in [3.05, 3.63) is 35.6 Å². The third-order valence-corrected chi connectivity index (χ3v) is 3.63. The van der Waals surface area contributed by atoms with Crippen molar-refractivity contribution < 1.29 is 17.6 Å². The summed E-state index contributed by atoms with van der Waals surface area (Å²) < 4.78 is 48.9. The summed E-state index contributed by atoms with van der Waals surface area (Å²) >= 11 is 5.68. The lowest BCUT2D eigenvalue weighted by Crippen LogP contribution is -2.10. The van der Waals surface area contributed by atoms with Crippen LogP contribution in [0.25, 0.3) is 0 Å². The molecule has 6 heteroatoms. The zero-order valence-corrected chi connectivity index (χ0v) is 11.1. The number of halogens is 5. The lowest BCUT2D eigenvalue weighted by atomic mass is 9.99. The van der Waals surface area contributed by atoms with Crippen molar-refractivity contribution in [3.8, 4) is 0 Å². The molecule has 0 heterocycles. The molecule has 0 fully saturated rings. The minimum absolute atomic E-state index is 0.0177. The highest BCUT2D eigenvalue weighted by molar-refractivity contribution is 8.00. The molecule has 0 saturated carbocycles. The quantitative estimate of drug-likeness (QED) is 0.534. The molecule has 1 aromatic rings. The zero-order valence-electron chi connectivity index (χ0n) is 9.51. The van der Waals surface area contributed by atoms with Crippen LogP contribution in [0, 0.1) is 11.7 Å². The molecule has 1 aromatic carbocycles. The number of rotatable bonds is 6. The monoisotopic (exact) mass is 300 g/mol. The zero-order chi connectivity index (χ0) is 13.6. The van der Waals surface area contributed by atoms with Crippen LogP contribution in [0.3, 0.4) is 0 Å². The second kappa shape index (κ2) is 7.24. The molecule has 18 heavy (non-hydrogen) atoms. The molecule has 0 radical (unpaired) electrons. The van der Waals surface area contributed by atoms with Gasteiger partial charge in [-0.1, -0.05) is 23.9 Å². The minimum atomic E-state index is -4.20. The average Bonchev–Trinajstić information content (AvgIpc) is 2.26. The fourth-order valence-electron chi connectivity index (χ4n) is 1.57. The summed E-state index contributed by atoms with van der Waals surface area (Å²) in [5.41, 5.74) is -3.44. The Balaban J connectivity index is 2.42. The lowest BCUT2D eigenvalue weighted by Gasteiger charge is -2.14. The molecular weight excluding hydrogens is 288 g/mol. The number of hydrogen-bond donors (Lipinski definition) is 0. The van der Waals surface area contributed by atoms with E-state index >= 15 is 0 Å². The van der Waals surface area contributed by atoms with Gasteiger partial charge in [0, 0.05) is 11.6 Å². The van der Waals surface area contributed by atoms with E-state index in [-0.39, 0.29) is 35.1 Å². The number of thioether (sulfide) groups is 1. The number of benzene rings is 1. The van der Waals surface area contributed by atoms with Gasteiger partial charge in [-0.25, -0.2) is 4.39 Å². The van der Waals surface area contributed by atoms with Crippen molar-refractivity contribution in [3.63, 3.8) is 0 Å². The van der Waals surface area contributed by atoms with Crippen LogP contribution in [-0.4, -0.2) is 17.1 Å². The van der Waals surface area contributed by atoms with Gasteiger partial charge in [0.2, 0.25) is 0 Å². The van der Waals surface area contributed by atoms with Crippen molar-refractivity contribution in [2.75, 3.05) is 11.6 Å². The van der Waals surface area contributed by atoms with Crippen molar-refractivity contribution in [1.82, 2.24) is 0 Å². The fourth-order valence-corrected chi connectivity index (χ4v) is 2.52. The summed E-state index contributed by atoms with van der Waals surface area (Å²) in [6.45, 7) is 0. The Morgan fingerprint density at radius 3 is 2.56 bits per heavy atom. The molecule has 0 aliphatic rings. The fraction of sp³-hybridized carbons (Fsp3) is 0.500. The maximum atomic E-state index is 12.9. The largest absolute Gasteiger partial charge is 0.441 e. The molecular formula is C12H13ClF4S. The highest BCUT2D eigenvalue weighted by Crippen LogP contribution is 2.31. The Labute approximate surface area is 113 Å². The molecule has 1 rings (SSSR count). The topological polar surface area (TPSA) is 0 Å². The molecule has 0 N–H and O–H groups in total. The van der Waals surface area contributed by atoms with Crippen molar-refractivity contribution >= 4 is 23.4 Å². The van der Waals surface area contributed by atoms with E-state index in [2.05, 4.69) is 0 Å². The van der Waals surface area contributed by atoms with E-state index in [1.807, 2.05) is 0 Å². The number of hydrogen-bond acceptors (Lipinski definition) is 1. The Kier molecular flexibility index (Phi) is 6.29. The first-order valence-electron chi connectivity index (χ1n) is 5.42. The molecule has 0 aliphatic heterocycles. The molecule has 1 atom stereocenters. The maximum absolute atomic E-state index is 12.9. The van der Waals surface area contributed by atoms with E-state index in [0.29, 0.717) is 12.8 Å². The van der Waals surface area contributed by atoms with Crippen molar-refractivity contribution in [1.29, 1.82) is 0 Å². The van der Waals surface area contributed by atoms with Crippen molar-refractivity contribution in [2.24, 2.45) is 5.92 Å². The van der Waals surface area contributed by atoms with Gasteiger partial charge in [-0.3, -0.25) is 0 Å². The molecule has 0 aliphatic carbocycles. The van der Waals surface area contributed by atoms with Gasteiger partial charge >= 0.3 is 5.51 Å². The predicted octanol–water partition coefficient (Wildman–Crippen LogP) is 4.87. The second-order valence-electron chi connectivity index (χ2n) is 3.94. The normalized spacial score (nSPS) is 13.6. The Morgan fingerprint density at radius 1 is 1.28 bits per heavy atom. The van der Waals surface area contributed by atoms with Gasteiger partial charge in [0.05, 0.1) is 0 Å². The minimum Gasteiger partial charge on any atom is -0.207 e. The first-order valence-corrected chi connectivity index (χ1v) is 6.94. The lowest BCUT2D eigenvalue weighted by molar-refractivity contribution is -0.0328. The highest BCUT2D eigenvalue weighted by atomic mass is 35.5. The van der Waals surface area contributed by atoms with Gasteiger partial charge < -0.3 is 0 Å². The smallest absolute Gasteiger partial charge is 0.207 e. The summed E-state index contributed by atoms with van der Waals surface area (Å²) in [5.74, 6) is -0.153. The third kappa shape index (κ3) is 6.50. The standard InChI is InChI=1S/C12H13ClF4S/c13-8-10(4-5-18-12(15,16)17)6-9-2-1-3-11(14)7-9/h1-3,7,10H,4-6,8H2. The summed E-state index contributed by atoms with van der Waals surface area (Å²) in [7, 11) is 0. The van der Waals surface area contributed by atoms with Crippen LogP contribution in [0.4, 0.5) is 17.6 Å². The van der Waals surface area contributed by atoms with Gasteiger partial charge in [0.1, 0.15) is 5.82 Å². The molecule has 0 saturated heterocycles. The van der Waals surface area contributed by atoms with Crippen LogP contribution >= 0.6 is 23.4 Å². The van der Waals surface area contributed by atoms with Gasteiger partial charge in [0.25, 0.3) is 0 Å². The second-order valence-corrected chi connectivity index (χ2v) is 5.41. The average molecular weight is 301 g/mol. The number of alkyl halides is 4. The van der Waals surface area contributed by atoms with E-state index in [4.69, 9.17) is 11.6 Å². The first kappa shape index (κ1) is 15.6. The highest BCUT2D eigenvalue weighted by Gasteiger charge is 2.28. The summed E-state index contributed by atoms with van der Waals surface area (Å²) in [5, 5.41) is 0. The van der Waals surface area contributed by atoms with Crippen molar-refractivity contribution in [2.45, 2.75) is 18.3 Å². The Hall–Kier alpha value is -0.420. The molecule has 0 aromatic heterocycles. The summed E-state index contributed by atoms with van der Waals surface area (Å²) in [4.78, 5) is 0. The predicted molar refractivity (Wildman–Crippen MR) is 67.4 cm³/mol. The first-order chi connectivity index (χ1) is 8.40. The Bertz CT molecular complexity index is 367. The molecule has 1 unspecified atom stereocenters. The van der Waals surface area contributed by atoms with Crippen LogP contribution in [0.5, 0.6) is 0 Å². The van der Waals surface area contributed by atoms with Gasteiger partial charge in [-0.2, -0.15) is 13.2 Å². The molecule has 0 spiro atoms. The van der Waals surface area contributed by atoms with Crippen LogP contribution in [0.15, 0.2) is 24.3 Å². The van der Waals surface area contributed by atoms with Crippen LogP contribution < -0.4 is 0 Å². The molecule has 102 valence electrons. The van der Waals surface area contributed by atoms with Gasteiger partial charge in [-0.05, 0) is 36.5 Å². The molecule has 0 nitrogen and oxygen atoms in total. The van der Waals surface area contributed by atoms with Gasteiger partial charge in [-0.15, -0.1) is 11.6 Å². The van der Waals surface area contributed by atoms with E-state index in [1.54, 1.807) is 12.1 Å². The van der Waals surface area contributed by atoms with E-state index < -0.39 is 5.51 Å². The maximum Gasteiger partial charge on any atom is 0.441 e. The molecule has 0 amide bonds. The van der Waals surface area contributed by atoms with Crippen LogP contribution in [0.1, 0.15) is 12.0 Å². The van der Waals surface area contributed by atoms with Crippen LogP contribution in [-0.2, 0) is 6.42 Å². The van der Waals surface area contributed by atoms with Gasteiger partial charge in [0.15, 0.2) is 0 Å². The third-order valence-electron chi connectivity index (χ3n) is 2.42. The van der Waals surface area contributed by atoms with E-state index in [1.165, 1.54) is 12.1 Å².